The monoisotopic (exact) mass is 331 g/mol. The molecule has 19 heavy (non-hydrogen) atoms. The third-order valence-electron chi connectivity index (χ3n) is 3.00. The Morgan fingerprint density at radius 3 is 2.63 bits per heavy atom. The predicted octanol–water partition coefficient (Wildman–Crippen LogP) is 2.43. The molecular weight excluding hydrogens is 310 g/mol. The number of nitrogens with zero attached hydrogens (tertiary/aromatic N) is 1. The van der Waals surface area contributed by atoms with Gasteiger partial charge in [0, 0.05) is 42.5 Å². The Morgan fingerprint density at radius 1 is 1.32 bits per heavy atom. The minimum Gasteiger partial charge on any atom is -0.392 e. The molecule has 0 fully saturated rings. The lowest BCUT2D eigenvalue weighted by atomic mass is 10.1. The van der Waals surface area contributed by atoms with E-state index >= 15 is 0 Å². The van der Waals surface area contributed by atoms with E-state index < -0.39 is 0 Å². The number of methoxy groups -OCH3 is 2. The van der Waals surface area contributed by atoms with Crippen molar-refractivity contribution in [1.29, 1.82) is 0 Å². The highest BCUT2D eigenvalue weighted by Crippen LogP contribution is 2.26. The summed E-state index contributed by atoms with van der Waals surface area (Å²) in [5, 5.41) is 9.52. The van der Waals surface area contributed by atoms with Gasteiger partial charge < -0.3 is 19.5 Å². The van der Waals surface area contributed by atoms with Crippen LogP contribution in [0.4, 0.5) is 5.69 Å². The van der Waals surface area contributed by atoms with E-state index in [0.29, 0.717) is 13.2 Å². The maximum absolute atomic E-state index is 9.52. The molecule has 0 radical (unpaired) electrons. The molecule has 4 nitrogen and oxygen atoms in total. The SMILES string of the molecule is COCCN(c1ccc(Br)cc1CO)C(C)COC. The largest absolute Gasteiger partial charge is 0.392 e. The molecular formula is C14H22BrNO3. The molecule has 1 unspecified atom stereocenters. The Bertz CT molecular complexity index is 387. The molecule has 0 saturated carbocycles. The zero-order valence-corrected chi connectivity index (χ0v) is 13.3. The van der Waals surface area contributed by atoms with E-state index in [0.717, 1.165) is 22.3 Å². The first kappa shape index (κ1) is 16.4. The quantitative estimate of drug-likeness (QED) is 0.794. The van der Waals surface area contributed by atoms with Crippen LogP contribution in [0.1, 0.15) is 12.5 Å². The molecule has 0 saturated heterocycles. The van der Waals surface area contributed by atoms with Gasteiger partial charge in [0.2, 0.25) is 0 Å². The number of benzene rings is 1. The highest BCUT2D eigenvalue weighted by molar-refractivity contribution is 9.10. The van der Waals surface area contributed by atoms with Crippen molar-refractivity contribution >= 4 is 21.6 Å². The second-order valence-corrected chi connectivity index (χ2v) is 5.34. The second-order valence-electron chi connectivity index (χ2n) is 4.42. The topological polar surface area (TPSA) is 41.9 Å². The first-order valence-corrected chi connectivity index (χ1v) is 7.07. The summed E-state index contributed by atoms with van der Waals surface area (Å²) in [5.74, 6) is 0. The maximum Gasteiger partial charge on any atom is 0.0702 e. The summed E-state index contributed by atoms with van der Waals surface area (Å²) in [7, 11) is 3.38. The first-order valence-electron chi connectivity index (χ1n) is 6.27. The third-order valence-corrected chi connectivity index (χ3v) is 3.49. The van der Waals surface area contributed by atoms with Crippen molar-refractivity contribution in [1.82, 2.24) is 0 Å². The van der Waals surface area contributed by atoms with Gasteiger partial charge in [-0.05, 0) is 25.1 Å². The van der Waals surface area contributed by atoms with Crippen molar-refractivity contribution in [2.45, 2.75) is 19.6 Å². The average molecular weight is 332 g/mol. The molecule has 0 aliphatic rings. The summed E-state index contributed by atoms with van der Waals surface area (Å²) in [6, 6.07) is 6.14. The molecule has 1 aromatic rings. The van der Waals surface area contributed by atoms with Gasteiger partial charge in [-0.1, -0.05) is 15.9 Å². The van der Waals surface area contributed by atoms with E-state index in [1.807, 2.05) is 18.2 Å². The van der Waals surface area contributed by atoms with Gasteiger partial charge >= 0.3 is 0 Å². The van der Waals surface area contributed by atoms with Crippen molar-refractivity contribution in [2.75, 3.05) is 38.9 Å². The second kappa shape index (κ2) is 8.53. The Hall–Kier alpha value is -0.620. The lowest BCUT2D eigenvalue weighted by molar-refractivity contribution is 0.170. The molecule has 1 rings (SSSR count). The molecule has 0 aromatic heterocycles. The first-order chi connectivity index (χ1) is 9.13. The third kappa shape index (κ3) is 4.76. The number of halogens is 1. The van der Waals surface area contributed by atoms with Crippen LogP contribution in [-0.2, 0) is 16.1 Å². The minimum atomic E-state index is 0.0119. The van der Waals surface area contributed by atoms with E-state index in [9.17, 15) is 5.11 Å². The fourth-order valence-electron chi connectivity index (χ4n) is 2.06. The molecule has 0 bridgehead atoms. The number of ether oxygens (including phenoxy) is 2. The van der Waals surface area contributed by atoms with E-state index in [1.54, 1.807) is 14.2 Å². The highest BCUT2D eigenvalue weighted by Gasteiger charge is 2.17. The summed E-state index contributed by atoms with van der Waals surface area (Å²) in [5.41, 5.74) is 1.92. The Balaban J connectivity index is 3.01. The molecule has 108 valence electrons. The number of aliphatic hydroxyl groups excluding tert-OH is 1. The van der Waals surface area contributed by atoms with Gasteiger partial charge in [-0.25, -0.2) is 0 Å². The van der Waals surface area contributed by atoms with Crippen LogP contribution < -0.4 is 4.90 Å². The summed E-state index contributed by atoms with van der Waals surface area (Å²) >= 11 is 3.43. The van der Waals surface area contributed by atoms with Gasteiger partial charge in [-0.15, -0.1) is 0 Å². The summed E-state index contributed by atoms with van der Waals surface area (Å²) in [6.07, 6.45) is 0. The zero-order valence-electron chi connectivity index (χ0n) is 11.7. The molecule has 5 heteroatoms. The normalized spacial score (nSPS) is 12.5. The van der Waals surface area contributed by atoms with Crippen LogP contribution in [0.2, 0.25) is 0 Å². The van der Waals surface area contributed by atoms with Crippen LogP contribution in [0, 0.1) is 0 Å². The van der Waals surface area contributed by atoms with Crippen molar-refractivity contribution in [2.24, 2.45) is 0 Å². The van der Waals surface area contributed by atoms with E-state index in [-0.39, 0.29) is 12.6 Å². The summed E-state index contributed by atoms with van der Waals surface area (Å²) in [4.78, 5) is 2.20. The molecule has 0 spiro atoms. The number of hydrogen-bond acceptors (Lipinski definition) is 4. The molecule has 0 aliphatic carbocycles. The Morgan fingerprint density at radius 2 is 2.05 bits per heavy atom. The van der Waals surface area contributed by atoms with Gasteiger partial charge in [0.05, 0.1) is 19.8 Å². The zero-order chi connectivity index (χ0) is 14.3. The van der Waals surface area contributed by atoms with Crippen LogP contribution in [0.25, 0.3) is 0 Å². The summed E-state index contributed by atoms with van der Waals surface area (Å²) < 4.78 is 11.4. The number of anilines is 1. The predicted molar refractivity (Wildman–Crippen MR) is 80.6 cm³/mol. The van der Waals surface area contributed by atoms with E-state index in [1.165, 1.54) is 0 Å². The van der Waals surface area contributed by atoms with Crippen LogP contribution in [0.15, 0.2) is 22.7 Å². The van der Waals surface area contributed by atoms with E-state index in [2.05, 4.69) is 27.8 Å². The number of hydrogen-bond donors (Lipinski definition) is 1. The average Bonchev–Trinajstić information content (AvgIpc) is 2.40. The lowest BCUT2D eigenvalue weighted by Crippen LogP contribution is -2.39. The smallest absolute Gasteiger partial charge is 0.0702 e. The van der Waals surface area contributed by atoms with Crippen molar-refractivity contribution in [3.8, 4) is 0 Å². The molecule has 0 heterocycles. The van der Waals surface area contributed by atoms with Gasteiger partial charge in [0.25, 0.3) is 0 Å². The maximum atomic E-state index is 9.52. The number of aliphatic hydroxyl groups is 1. The van der Waals surface area contributed by atoms with E-state index in [4.69, 9.17) is 9.47 Å². The molecule has 0 aliphatic heterocycles. The number of rotatable bonds is 8. The van der Waals surface area contributed by atoms with Gasteiger partial charge in [0.1, 0.15) is 0 Å². The molecule has 1 N–H and O–H groups in total. The molecule has 1 aromatic carbocycles. The van der Waals surface area contributed by atoms with Gasteiger partial charge in [-0.3, -0.25) is 0 Å². The van der Waals surface area contributed by atoms with Crippen LogP contribution in [0.5, 0.6) is 0 Å². The standard InChI is InChI=1S/C14H22BrNO3/c1-11(10-19-3)16(6-7-18-2)14-5-4-13(15)8-12(14)9-17/h4-5,8,11,17H,6-7,9-10H2,1-3H3. The van der Waals surface area contributed by atoms with Crippen molar-refractivity contribution < 1.29 is 14.6 Å². The van der Waals surface area contributed by atoms with Gasteiger partial charge in [0.15, 0.2) is 0 Å². The fourth-order valence-corrected chi connectivity index (χ4v) is 2.47. The summed E-state index contributed by atoms with van der Waals surface area (Å²) in [6.45, 7) is 4.13. The lowest BCUT2D eigenvalue weighted by Gasteiger charge is -2.32. The van der Waals surface area contributed by atoms with Crippen LogP contribution >= 0.6 is 15.9 Å². The molecule has 1 atom stereocenters. The minimum absolute atomic E-state index is 0.0119. The Labute approximate surface area is 123 Å². The van der Waals surface area contributed by atoms with Gasteiger partial charge in [-0.2, -0.15) is 0 Å². The van der Waals surface area contributed by atoms with Crippen LogP contribution in [0.3, 0.4) is 0 Å². The highest BCUT2D eigenvalue weighted by atomic mass is 79.9. The van der Waals surface area contributed by atoms with Crippen LogP contribution in [-0.4, -0.2) is 45.1 Å². The fraction of sp³-hybridized carbons (Fsp3) is 0.571. The molecule has 0 amide bonds. The van der Waals surface area contributed by atoms with Crippen molar-refractivity contribution in [3.05, 3.63) is 28.2 Å². The van der Waals surface area contributed by atoms with Crippen molar-refractivity contribution in [3.63, 3.8) is 0 Å². The Kier molecular flexibility index (Phi) is 7.38.